The summed E-state index contributed by atoms with van der Waals surface area (Å²) in [4.78, 5) is 39.9. The van der Waals surface area contributed by atoms with Gasteiger partial charge in [-0.2, -0.15) is 0 Å². The molecule has 0 saturated carbocycles. The van der Waals surface area contributed by atoms with Gasteiger partial charge in [-0.05, 0) is 26.2 Å². The van der Waals surface area contributed by atoms with Crippen LogP contribution in [0.4, 0.5) is 0 Å². The number of carboxylic acids is 1. The third-order valence-corrected chi connectivity index (χ3v) is 5.00. The molecule has 0 aromatic carbocycles. The van der Waals surface area contributed by atoms with Gasteiger partial charge in [-0.1, -0.05) is 20.8 Å². The molecule has 2 unspecified atom stereocenters. The van der Waals surface area contributed by atoms with Crippen LogP contribution >= 0.6 is 0 Å². The maximum atomic E-state index is 12.7. The summed E-state index contributed by atoms with van der Waals surface area (Å²) in [6.45, 7) is 9.27. The first kappa shape index (κ1) is 17.8. The molecule has 130 valence electrons. The van der Waals surface area contributed by atoms with Gasteiger partial charge in [-0.3, -0.25) is 14.4 Å². The second-order valence-electron chi connectivity index (χ2n) is 8.22. The number of likely N-dealkylation sites (tertiary alicyclic amines) is 2. The minimum Gasteiger partial charge on any atom is -0.481 e. The topological polar surface area (TPSA) is 77.9 Å². The Morgan fingerprint density at radius 3 is 2.30 bits per heavy atom. The van der Waals surface area contributed by atoms with Crippen LogP contribution in [0.1, 0.15) is 47.0 Å². The number of rotatable bonds is 2. The third-order valence-electron chi connectivity index (χ3n) is 5.00. The zero-order chi connectivity index (χ0) is 17.4. The van der Waals surface area contributed by atoms with E-state index in [9.17, 15) is 19.5 Å². The number of nitrogens with zero attached hydrogens (tertiary/aromatic N) is 2. The van der Waals surface area contributed by atoms with Crippen molar-refractivity contribution in [3.05, 3.63) is 0 Å². The Morgan fingerprint density at radius 2 is 1.78 bits per heavy atom. The van der Waals surface area contributed by atoms with Crippen LogP contribution in [0.25, 0.3) is 0 Å². The molecule has 2 rings (SSSR count). The fourth-order valence-electron chi connectivity index (χ4n) is 3.42. The summed E-state index contributed by atoms with van der Waals surface area (Å²) >= 11 is 0. The van der Waals surface area contributed by atoms with Crippen LogP contribution in [0.3, 0.4) is 0 Å². The van der Waals surface area contributed by atoms with Gasteiger partial charge in [-0.25, -0.2) is 0 Å². The minimum absolute atomic E-state index is 0.00128. The molecule has 2 amide bonds. The Bertz CT molecular complexity index is 511. The van der Waals surface area contributed by atoms with Crippen molar-refractivity contribution in [1.82, 2.24) is 9.80 Å². The van der Waals surface area contributed by atoms with Crippen molar-refractivity contribution in [3.63, 3.8) is 0 Å². The number of hydrogen-bond acceptors (Lipinski definition) is 3. The molecule has 2 atom stereocenters. The standard InChI is InChI=1S/C17H28N2O4/c1-16(2,3)14(21)18-8-5-6-12(10-18)13(20)19-9-7-17(4,11-19)15(22)23/h12H,5-11H2,1-4H3,(H,22,23). The Kier molecular flexibility index (Phi) is 4.74. The summed E-state index contributed by atoms with van der Waals surface area (Å²) in [5.74, 6) is -0.972. The molecule has 1 N–H and O–H groups in total. The highest BCUT2D eigenvalue weighted by Crippen LogP contribution is 2.32. The first-order valence-electron chi connectivity index (χ1n) is 8.36. The van der Waals surface area contributed by atoms with E-state index >= 15 is 0 Å². The molecular weight excluding hydrogens is 296 g/mol. The van der Waals surface area contributed by atoms with Crippen LogP contribution in [0.2, 0.25) is 0 Å². The Morgan fingerprint density at radius 1 is 1.13 bits per heavy atom. The summed E-state index contributed by atoms with van der Waals surface area (Å²) in [5.41, 5.74) is -1.29. The van der Waals surface area contributed by atoms with Crippen LogP contribution in [0, 0.1) is 16.7 Å². The van der Waals surface area contributed by atoms with Crippen molar-refractivity contribution in [1.29, 1.82) is 0 Å². The molecule has 0 aromatic rings. The van der Waals surface area contributed by atoms with Gasteiger partial charge in [0.2, 0.25) is 11.8 Å². The lowest BCUT2D eigenvalue weighted by Crippen LogP contribution is -2.49. The van der Waals surface area contributed by atoms with Crippen molar-refractivity contribution < 1.29 is 19.5 Å². The van der Waals surface area contributed by atoms with E-state index in [2.05, 4.69) is 0 Å². The smallest absolute Gasteiger partial charge is 0.311 e. The van der Waals surface area contributed by atoms with E-state index in [1.165, 1.54) is 0 Å². The number of carbonyl (C=O) groups excluding carboxylic acids is 2. The zero-order valence-corrected chi connectivity index (χ0v) is 14.6. The Hall–Kier alpha value is -1.59. The van der Waals surface area contributed by atoms with Gasteiger partial charge in [0, 0.05) is 31.6 Å². The van der Waals surface area contributed by atoms with Crippen LogP contribution in [0.5, 0.6) is 0 Å². The van der Waals surface area contributed by atoms with Crippen LogP contribution in [-0.2, 0) is 14.4 Å². The number of carbonyl (C=O) groups is 3. The number of piperidine rings is 1. The van der Waals surface area contributed by atoms with Crippen molar-refractivity contribution in [2.45, 2.75) is 47.0 Å². The normalized spacial score (nSPS) is 28.8. The van der Waals surface area contributed by atoms with E-state index in [-0.39, 0.29) is 24.3 Å². The van der Waals surface area contributed by atoms with Gasteiger partial charge in [0.05, 0.1) is 11.3 Å². The van der Waals surface area contributed by atoms with E-state index in [0.717, 1.165) is 12.8 Å². The monoisotopic (exact) mass is 324 g/mol. The van der Waals surface area contributed by atoms with Crippen molar-refractivity contribution in [2.24, 2.45) is 16.7 Å². The highest BCUT2D eigenvalue weighted by atomic mass is 16.4. The molecule has 0 spiro atoms. The summed E-state index contributed by atoms with van der Waals surface area (Å²) in [7, 11) is 0. The SMILES string of the molecule is CC(C)(C)C(=O)N1CCCC(C(=O)N2CCC(C)(C(=O)O)C2)C1. The fraction of sp³-hybridized carbons (Fsp3) is 0.824. The third kappa shape index (κ3) is 3.67. The molecule has 23 heavy (non-hydrogen) atoms. The van der Waals surface area contributed by atoms with E-state index in [1.54, 1.807) is 16.7 Å². The van der Waals surface area contributed by atoms with Crippen LogP contribution in [-0.4, -0.2) is 58.9 Å². The molecule has 0 bridgehead atoms. The van der Waals surface area contributed by atoms with Crippen LogP contribution in [0.15, 0.2) is 0 Å². The summed E-state index contributed by atoms with van der Waals surface area (Å²) in [5, 5.41) is 9.30. The average Bonchev–Trinajstić information content (AvgIpc) is 2.89. The predicted octanol–water partition coefficient (Wildman–Crippen LogP) is 1.59. The second-order valence-corrected chi connectivity index (χ2v) is 8.22. The van der Waals surface area contributed by atoms with E-state index < -0.39 is 16.8 Å². The maximum absolute atomic E-state index is 12.7. The van der Waals surface area contributed by atoms with E-state index in [1.807, 2.05) is 20.8 Å². The van der Waals surface area contributed by atoms with Gasteiger partial charge >= 0.3 is 5.97 Å². The minimum atomic E-state index is -0.846. The summed E-state index contributed by atoms with van der Waals surface area (Å²) < 4.78 is 0. The quantitative estimate of drug-likeness (QED) is 0.837. The maximum Gasteiger partial charge on any atom is 0.311 e. The number of aliphatic carboxylic acids is 1. The van der Waals surface area contributed by atoms with Gasteiger partial charge in [0.1, 0.15) is 0 Å². The molecule has 6 nitrogen and oxygen atoms in total. The fourth-order valence-corrected chi connectivity index (χ4v) is 3.42. The highest BCUT2D eigenvalue weighted by molar-refractivity contribution is 5.85. The molecule has 2 fully saturated rings. The predicted molar refractivity (Wildman–Crippen MR) is 85.7 cm³/mol. The van der Waals surface area contributed by atoms with Gasteiger partial charge < -0.3 is 14.9 Å². The lowest BCUT2D eigenvalue weighted by atomic mass is 9.89. The van der Waals surface area contributed by atoms with Crippen LogP contribution < -0.4 is 0 Å². The Labute approximate surface area is 137 Å². The molecule has 2 aliphatic heterocycles. The van der Waals surface area contributed by atoms with E-state index in [4.69, 9.17) is 0 Å². The summed E-state index contributed by atoms with van der Waals surface area (Å²) in [6.07, 6.45) is 2.08. The number of amides is 2. The number of carboxylic acid groups (broad SMARTS) is 1. The Balaban J connectivity index is 2.01. The van der Waals surface area contributed by atoms with Gasteiger partial charge in [-0.15, -0.1) is 0 Å². The molecule has 2 saturated heterocycles. The lowest BCUT2D eigenvalue weighted by molar-refractivity contribution is -0.148. The second kappa shape index (κ2) is 6.13. The van der Waals surface area contributed by atoms with Crippen molar-refractivity contribution >= 4 is 17.8 Å². The molecule has 6 heteroatoms. The molecule has 0 aliphatic carbocycles. The van der Waals surface area contributed by atoms with E-state index in [0.29, 0.717) is 26.1 Å². The van der Waals surface area contributed by atoms with Crippen molar-refractivity contribution in [2.75, 3.05) is 26.2 Å². The largest absolute Gasteiger partial charge is 0.481 e. The zero-order valence-electron chi connectivity index (χ0n) is 14.6. The van der Waals surface area contributed by atoms with Gasteiger partial charge in [0.15, 0.2) is 0 Å². The first-order valence-corrected chi connectivity index (χ1v) is 8.36. The highest BCUT2D eigenvalue weighted by Gasteiger charge is 2.44. The average molecular weight is 324 g/mol. The lowest BCUT2D eigenvalue weighted by Gasteiger charge is -2.37. The molecular formula is C17H28N2O4. The number of hydrogen-bond donors (Lipinski definition) is 1. The summed E-state index contributed by atoms with van der Waals surface area (Å²) in [6, 6.07) is 0. The van der Waals surface area contributed by atoms with Crippen molar-refractivity contribution in [3.8, 4) is 0 Å². The first-order chi connectivity index (χ1) is 10.5. The molecule has 2 aliphatic rings. The van der Waals surface area contributed by atoms with Gasteiger partial charge in [0.25, 0.3) is 0 Å². The molecule has 0 radical (unpaired) electrons. The molecule has 0 aromatic heterocycles. The molecule has 2 heterocycles.